The van der Waals surface area contributed by atoms with Gasteiger partial charge < -0.3 is 5.11 Å². The lowest BCUT2D eigenvalue weighted by atomic mass is 9.79. The fourth-order valence-electron chi connectivity index (χ4n) is 2.77. The maximum absolute atomic E-state index is 14.5. The van der Waals surface area contributed by atoms with E-state index in [1.165, 1.54) is 35.5 Å². The third kappa shape index (κ3) is 3.27. The molecule has 3 aromatic rings. The molecule has 0 aliphatic carbocycles. The molecular weight excluding hydrogens is 342 g/mol. The summed E-state index contributed by atoms with van der Waals surface area (Å²) in [5.41, 5.74) is -1.49. The van der Waals surface area contributed by atoms with Crippen molar-refractivity contribution in [3.05, 3.63) is 71.6 Å². The molecule has 0 saturated carbocycles. The van der Waals surface area contributed by atoms with Gasteiger partial charge in [-0.3, -0.25) is 0 Å². The van der Waals surface area contributed by atoms with E-state index in [1.807, 2.05) is 6.07 Å². The van der Waals surface area contributed by atoms with Crippen molar-refractivity contribution in [1.82, 2.24) is 25.0 Å². The molecule has 2 unspecified atom stereocenters. The summed E-state index contributed by atoms with van der Waals surface area (Å²) in [5, 5.41) is 27.9. The zero-order chi connectivity index (χ0) is 18.7. The van der Waals surface area contributed by atoms with Gasteiger partial charge in [-0.2, -0.15) is 5.26 Å². The van der Waals surface area contributed by atoms with Crippen LogP contribution in [-0.2, 0) is 12.1 Å². The van der Waals surface area contributed by atoms with E-state index in [1.54, 1.807) is 6.92 Å². The van der Waals surface area contributed by atoms with Crippen LogP contribution >= 0.6 is 0 Å². The smallest absolute Gasteiger partial charge is 0.144 e. The SMILES string of the molecule is CC(c1cc(C#N)ncn1)C(O)(Cn1ccnn1)c1ccc(F)cc1F. The maximum Gasteiger partial charge on any atom is 0.144 e. The van der Waals surface area contributed by atoms with Crippen molar-refractivity contribution in [2.24, 2.45) is 0 Å². The zero-order valence-electron chi connectivity index (χ0n) is 13.7. The molecule has 3 rings (SSSR count). The van der Waals surface area contributed by atoms with E-state index in [0.29, 0.717) is 11.8 Å². The van der Waals surface area contributed by atoms with Crippen molar-refractivity contribution in [3.8, 4) is 6.07 Å². The van der Waals surface area contributed by atoms with Gasteiger partial charge >= 0.3 is 0 Å². The first-order chi connectivity index (χ1) is 12.4. The summed E-state index contributed by atoms with van der Waals surface area (Å²) in [6.45, 7) is 1.48. The van der Waals surface area contributed by atoms with Crippen LogP contribution in [0.5, 0.6) is 0 Å². The highest BCUT2D eigenvalue weighted by Gasteiger charge is 2.40. The molecule has 7 nitrogen and oxygen atoms in total. The summed E-state index contributed by atoms with van der Waals surface area (Å²) in [5.74, 6) is -2.41. The number of halogens is 2. The summed E-state index contributed by atoms with van der Waals surface area (Å²) < 4.78 is 29.1. The Labute approximate surface area is 147 Å². The third-order valence-electron chi connectivity index (χ3n) is 4.24. The Morgan fingerprint density at radius 2 is 2.12 bits per heavy atom. The van der Waals surface area contributed by atoms with Gasteiger partial charge in [-0.1, -0.05) is 18.2 Å². The third-order valence-corrected chi connectivity index (χ3v) is 4.24. The Morgan fingerprint density at radius 3 is 2.77 bits per heavy atom. The number of aliphatic hydroxyl groups is 1. The topological polar surface area (TPSA) is 101 Å². The molecule has 0 spiro atoms. The van der Waals surface area contributed by atoms with E-state index in [9.17, 15) is 13.9 Å². The average molecular weight is 356 g/mol. The number of hydrogen-bond donors (Lipinski definition) is 1. The van der Waals surface area contributed by atoms with Crippen molar-refractivity contribution in [1.29, 1.82) is 5.26 Å². The van der Waals surface area contributed by atoms with Gasteiger partial charge in [-0.15, -0.1) is 5.10 Å². The molecule has 0 bridgehead atoms. The minimum atomic E-state index is -1.83. The van der Waals surface area contributed by atoms with Crippen LogP contribution in [-0.4, -0.2) is 30.1 Å². The van der Waals surface area contributed by atoms with Crippen LogP contribution in [0.25, 0.3) is 0 Å². The minimum absolute atomic E-state index is 0.112. The average Bonchev–Trinajstić information content (AvgIpc) is 3.13. The van der Waals surface area contributed by atoms with E-state index < -0.39 is 23.2 Å². The van der Waals surface area contributed by atoms with Crippen LogP contribution in [0, 0.1) is 23.0 Å². The van der Waals surface area contributed by atoms with Crippen molar-refractivity contribution in [2.75, 3.05) is 0 Å². The predicted octanol–water partition coefficient (Wildman–Crippen LogP) is 1.91. The second kappa shape index (κ2) is 6.93. The number of hydrogen-bond acceptors (Lipinski definition) is 6. The van der Waals surface area contributed by atoms with Crippen LogP contribution < -0.4 is 0 Å². The number of rotatable bonds is 5. The number of benzene rings is 1. The molecular formula is C17H14F2N6O. The van der Waals surface area contributed by atoms with E-state index in [2.05, 4.69) is 20.3 Å². The fraction of sp³-hybridized carbons (Fsp3) is 0.235. The number of nitrogens with zero attached hydrogens (tertiary/aromatic N) is 6. The van der Waals surface area contributed by atoms with Gasteiger partial charge in [0.25, 0.3) is 0 Å². The van der Waals surface area contributed by atoms with E-state index in [-0.39, 0.29) is 17.8 Å². The lowest BCUT2D eigenvalue weighted by Crippen LogP contribution is -2.38. The molecule has 1 aromatic carbocycles. The molecule has 26 heavy (non-hydrogen) atoms. The van der Waals surface area contributed by atoms with Crippen molar-refractivity contribution in [2.45, 2.75) is 25.0 Å². The molecule has 0 amide bonds. The summed E-state index contributed by atoms with van der Waals surface area (Å²) in [4.78, 5) is 7.89. The lowest BCUT2D eigenvalue weighted by molar-refractivity contribution is -0.0127. The van der Waals surface area contributed by atoms with Crippen LogP contribution in [0.15, 0.2) is 43.0 Å². The highest BCUT2D eigenvalue weighted by Crippen LogP contribution is 2.38. The normalized spacial score (nSPS) is 14.4. The Kier molecular flexibility index (Phi) is 4.69. The lowest BCUT2D eigenvalue weighted by Gasteiger charge is -2.34. The molecule has 132 valence electrons. The van der Waals surface area contributed by atoms with E-state index in [4.69, 9.17) is 5.26 Å². The second-order valence-electron chi connectivity index (χ2n) is 5.81. The number of aromatic nitrogens is 5. The molecule has 0 aliphatic rings. The first kappa shape index (κ1) is 17.6. The van der Waals surface area contributed by atoms with Gasteiger partial charge in [0.1, 0.15) is 35.3 Å². The second-order valence-corrected chi connectivity index (χ2v) is 5.81. The van der Waals surface area contributed by atoms with Crippen molar-refractivity contribution < 1.29 is 13.9 Å². The molecule has 0 aliphatic heterocycles. The van der Waals surface area contributed by atoms with Gasteiger partial charge in [0.2, 0.25) is 0 Å². The molecule has 9 heteroatoms. The monoisotopic (exact) mass is 356 g/mol. The van der Waals surface area contributed by atoms with Crippen molar-refractivity contribution >= 4 is 0 Å². The highest BCUT2D eigenvalue weighted by atomic mass is 19.1. The Balaban J connectivity index is 2.11. The Hall–Kier alpha value is -3.25. The van der Waals surface area contributed by atoms with Crippen LogP contribution in [0.4, 0.5) is 8.78 Å². The van der Waals surface area contributed by atoms with Crippen LogP contribution in [0.3, 0.4) is 0 Å². The van der Waals surface area contributed by atoms with Crippen LogP contribution in [0.2, 0.25) is 0 Å². The Bertz CT molecular complexity index is 956. The van der Waals surface area contributed by atoms with Gasteiger partial charge in [-0.05, 0) is 12.1 Å². The van der Waals surface area contributed by atoms with Crippen molar-refractivity contribution in [3.63, 3.8) is 0 Å². The quantitative estimate of drug-likeness (QED) is 0.749. The Morgan fingerprint density at radius 1 is 1.31 bits per heavy atom. The first-order valence-corrected chi connectivity index (χ1v) is 7.68. The first-order valence-electron chi connectivity index (χ1n) is 7.68. The fourth-order valence-corrected chi connectivity index (χ4v) is 2.77. The highest BCUT2D eigenvalue weighted by molar-refractivity contribution is 5.31. The van der Waals surface area contributed by atoms with Crippen LogP contribution in [0.1, 0.15) is 29.8 Å². The molecule has 2 aromatic heterocycles. The van der Waals surface area contributed by atoms with E-state index >= 15 is 0 Å². The van der Waals surface area contributed by atoms with Gasteiger partial charge in [0.15, 0.2) is 0 Å². The summed E-state index contributed by atoms with van der Waals surface area (Å²) in [6.07, 6.45) is 4.13. The zero-order valence-corrected chi connectivity index (χ0v) is 13.7. The minimum Gasteiger partial charge on any atom is -0.382 e. The maximum atomic E-state index is 14.5. The molecule has 0 fully saturated rings. The molecule has 2 atom stereocenters. The largest absolute Gasteiger partial charge is 0.382 e. The molecule has 0 saturated heterocycles. The predicted molar refractivity (Wildman–Crippen MR) is 85.4 cm³/mol. The van der Waals surface area contributed by atoms with Gasteiger partial charge in [0.05, 0.1) is 18.4 Å². The number of nitriles is 1. The van der Waals surface area contributed by atoms with Gasteiger partial charge in [-0.25, -0.2) is 23.4 Å². The summed E-state index contributed by atoms with van der Waals surface area (Å²) in [6, 6.07) is 6.26. The van der Waals surface area contributed by atoms with Gasteiger partial charge in [0, 0.05) is 23.7 Å². The summed E-state index contributed by atoms with van der Waals surface area (Å²) >= 11 is 0. The molecule has 0 radical (unpaired) electrons. The molecule has 1 N–H and O–H groups in total. The molecule has 2 heterocycles. The standard InChI is InChI=1S/C17H14F2N6O/c1-11(16-7-13(8-20)21-10-22-16)17(26,9-25-5-4-23-24-25)14-3-2-12(18)6-15(14)19/h2-7,10-11,26H,9H2,1H3. The van der Waals surface area contributed by atoms with E-state index in [0.717, 1.165) is 6.07 Å². The summed E-state index contributed by atoms with van der Waals surface area (Å²) in [7, 11) is 0.